The van der Waals surface area contributed by atoms with Gasteiger partial charge in [-0.25, -0.2) is 9.78 Å². The molecule has 0 aromatic carbocycles. The fraction of sp³-hybridized carbons (Fsp3) is 0.667. The van der Waals surface area contributed by atoms with Crippen LogP contribution in [0, 0.1) is 0 Å². The second-order valence-electron chi connectivity index (χ2n) is 4.98. The molecule has 0 amide bonds. The Kier molecular flexibility index (Phi) is 4.84. The van der Waals surface area contributed by atoms with E-state index in [0.29, 0.717) is 24.3 Å². The van der Waals surface area contributed by atoms with Crippen LogP contribution in [-0.2, 0) is 12.6 Å². The topological polar surface area (TPSA) is 56.7 Å². The van der Waals surface area contributed by atoms with Gasteiger partial charge in [0.15, 0.2) is 5.69 Å². The first-order chi connectivity index (χ1) is 9.77. The number of nitrogens with zero attached hydrogens (tertiary/aromatic N) is 3. The Balaban J connectivity index is 2.02. The highest BCUT2D eigenvalue weighted by Crippen LogP contribution is 2.34. The first-order valence-electron chi connectivity index (χ1n) is 6.48. The highest BCUT2D eigenvalue weighted by molar-refractivity contribution is 7.13. The number of alkyl halides is 3. The van der Waals surface area contributed by atoms with E-state index in [2.05, 4.69) is 14.8 Å². The van der Waals surface area contributed by atoms with Crippen LogP contribution in [0.5, 0.6) is 0 Å². The van der Waals surface area contributed by atoms with Gasteiger partial charge >= 0.3 is 12.1 Å². The molecule has 1 aromatic rings. The first-order valence-corrected chi connectivity index (χ1v) is 7.30. The smallest absolute Gasteiger partial charge is 0.435 e. The lowest BCUT2D eigenvalue weighted by Gasteiger charge is -2.32. The van der Waals surface area contributed by atoms with Crippen LogP contribution in [-0.4, -0.2) is 65.6 Å². The van der Waals surface area contributed by atoms with Crippen LogP contribution in [0.4, 0.5) is 13.2 Å². The minimum atomic E-state index is -4.73. The predicted molar refractivity (Wildman–Crippen MR) is 71.7 cm³/mol. The van der Waals surface area contributed by atoms with Crippen molar-refractivity contribution >= 4 is 17.3 Å². The second-order valence-corrected chi connectivity index (χ2v) is 6.07. The van der Waals surface area contributed by atoms with Crippen molar-refractivity contribution in [1.82, 2.24) is 14.8 Å². The van der Waals surface area contributed by atoms with Gasteiger partial charge in [-0.2, -0.15) is 13.2 Å². The summed E-state index contributed by atoms with van der Waals surface area (Å²) in [5, 5.41) is 9.06. The zero-order valence-electron chi connectivity index (χ0n) is 11.5. The van der Waals surface area contributed by atoms with E-state index in [9.17, 15) is 18.0 Å². The van der Waals surface area contributed by atoms with Gasteiger partial charge < -0.3 is 14.9 Å². The lowest BCUT2D eigenvalue weighted by Crippen LogP contribution is -2.45. The summed E-state index contributed by atoms with van der Waals surface area (Å²) in [6, 6.07) is 0. The summed E-state index contributed by atoms with van der Waals surface area (Å²) in [7, 11) is 2.02. The largest absolute Gasteiger partial charge is 0.477 e. The number of hydrogen-bond acceptors (Lipinski definition) is 5. The molecule has 2 heterocycles. The van der Waals surface area contributed by atoms with Gasteiger partial charge in [0.05, 0.1) is 5.01 Å². The van der Waals surface area contributed by atoms with E-state index in [1.807, 2.05) is 7.05 Å². The molecule has 1 N–H and O–H groups in total. The number of likely N-dealkylation sites (N-methyl/N-ethyl adjacent to an activating group) is 1. The van der Waals surface area contributed by atoms with Crippen molar-refractivity contribution in [3.8, 4) is 0 Å². The van der Waals surface area contributed by atoms with E-state index in [0.717, 1.165) is 26.2 Å². The van der Waals surface area contributed by atoms with E-state index in [1.165, 1.54) is 0 Å². The van der Waals surface area contributed by atoms with Gasteiger partial charge in [-0.15, -0.1) is 11.3 Å². The van der Waals surface area contributed by atoms with E-state index >= 15 is 0 Å². The molecule has 9 heteroatoms. The molecular formula is C12H16F3N3O2S. The van der Waals surface area contributed by atoms with Crippen molar-refractivity contribution in [2.24, 2.45) is 0 Å². The molecule has 2 rings (SSSR count). The highest BCUT2D eigenvalue weighted by atomic mass is 32.1. The fourth-order valence-corrected chi connectivity index (χ4v) is 3.04. The van der Waals surface area contributed by atoms with Gasteiger partial charge in [-0.3, -0.25) is 0 Å². The zero-order valence-corrected chi connectivity index (χ0v) is 12.3. The minimum Gasteiger partial charge on any atom is -0.477 e. The monoisotopic (exact) mass is 323 g/mol. The van der Waals surface area contributed by atoms with Gasteiger partial charge in [-0.05, 0) is 7.05 Å². The molecule has 0 radical (unpaired) electrons. The van der Waals surface area contributed by atoms with Gasteiger partial charge in [0.1, 0.15) is 4.88 Å². The van der Waals surface area contributed by atoms with Gasteiger partial charge in [-0.1, -0.05) is 0 Å². The van der Waals surface area contributed by atoms with Crippen molar-refractivity contribution in [1.29, 1.82) is 0 Å². The molecule has 0 unspecified atom stereocenters. The van der Waals surface area contributed by atoms with Gasteiger partial charge in [0.25, 0.3) is 0 Å². The molecule has 1 fully saturated rings. The molecule has 1 aliphatic heterocycles. The second kappa shape index (κ2) is 6.29. The summed E-state index contributed by atoms with van der Waals surface area (Å²) in [5.74, 6) is -1.58. The van der Waals surface area contributed by atoms with Crippen LogP contribution in [0.1, 0.15) is 20.4 Å². The average Bonchev–Trinajstić information content (AvgIpc) is 2.82. The van der Waals surface area contributed by atoms with Crippen LogP contribution < -0.4 is 0 Å². The SMILES string of the molecule is CN1CCN(CCc2nc(C(F)(F)F)c(C(=O)O)s2)CC1. The number of carbonyl (C=O) groups is 1. The van der Waals surface area contributed by atoms with Crippen LogP contribution in [0.3, 0.4) is 0 Å². The first kappa shape index (κ1) is 16.2. The maximum absolute atomic E-state index is 12.7. The Labute approximate surface area is 124 Å². The van der Waals surface area contributed by atoms with Crippen molar-refractivity contribution in [3.05, 3.63) is 15.6 Å². The molecule has 5 nitrogen and oxygen atoms in total. The molecule has 0 bridgehead atoms. The maximum Gasteiger partial charge on any atom is 0.435 e. The molecule has 0 spiro atoms. The summed E-state index contributed by atoms with van der Waals surface area (Å²) in [6.45, 7) is 4.16. The van der Waals surface area contributed by atoms with Gasteiger partial charge in [0, 0.05) is 39.1 Å². The maximum atomic E-state index is 12.7. The molecule has 0 aliphatic carbocycles. The number of aromatic nitrogens is 1. The Hall–Kier alpha value is -1.19. The summed E-state index contributed by atoms with van der Waals surface area (Å²) in [4.78, 5) is 18.0. The Morgan fingerprint density at radius 2 is 1.95 bits per heavy atom. The van der Waals surface area contributed by atoms with Crippen LogP contribution in [0.25, 0.3) is 0 Å². The number of rotatable bonds is 4. The zero-order chi connectivity index (χ0) is 15.6. The molecule has 0 atom stereocenters. The van der Waals surface area contributed by atoms with Gasteiger partial charge in [0.2, 0.25) is 0 Å². The Bertz CT molecular complexity index is 510. The van der Waals surface area contributed by atoms with Crippen molar-refractivity contribution in [3.63, 3.8) is 0 Å². The third-order valence-corrected chi connectivity index (χ3v) is 4.48. The quantitative estimate of drug-likeness (QED) is 0.913. The van der Waals surface area contributed by atoms with Crippen LogP contribution in [0.15, 0.2) is 0 Å². The summed E-state index contributed by atoms with van der Waals surface area (Å²) in [5.41, 5.74) is -1.28. The number of thiazole rings is 1. The molecule has 118 valence electrons. The third kappa shape index (κ3) is 4.14. The lowest BCUT2D eigenvalue weighted by molar-refractivity contribution is -0.141. The Morgan fingerprint density at radius 1 is 1.33 bits per heavy atom. The molecule has 1 saturated heterocycles. The number of hydrogen-bond donors (Lipinski definition) is 1. The third-order valence-electron chi connectivity index (χ3n) is 3.37. The fourth-order valence-electron chi connectivity index (χ4n) is 2.13. The minimum absolute atomic E-state index is 0.221. The summed E-state index contributed by atoms with van der Waals surface area (Å²) >= 11 is 0.616. The van der Waals surface area contributed by atoms with Crippen molar-refractivity contribution in [2.45, 2.75) is 12.6 Å². The Morgan fingerprint density at radius 3 is 2.43 bits per heavy atom. The van der Waals surface area contributed by atoms with Crippen LogP contribution >= 0.6 is 11.3 Å². The predicted octanol–water partition coefficient (Wildman–Crippen LogP) is 1.65. The van der Waals surface area contributed by atoms with Crippen molar-refractivity contribution in [2.75, 3.05) is 39.8 Å². The summed E-state index contributed by atoms with van der Waals surface area (Å²) < 4.78 is 38.2. The van der Waals surface area contributed by atoms with Crippen LogP contribution in [0.2, 0.25) is 0 Å². The number of carboxylic acid groups (broad SMARTS) is 1. The average molecular weight is 323 g/mol. The lowest BCUT2D eigenvalue weighted by atomic mass is 10.3. The summed E-state index contributed by atoms with van der Waals surface area (Å²) in [6.07, 6.45) is -4.39. The van der Waals surface area contributed by atoms with Crippen molar-refractivity contribution < 1.29 is 23.1 Å². The molecular weight excluding hydrogens is 307 g/mol. The molecule has 21 heavy (non-hydrogen) atoms. The number of halogens is 3. The normalized spacial score (nSPS) is 18.1. The molecule has 0 saturated carbocycles. The highest BCUT2D eigenvalue weighted by Gasteiger charge is 2.39. The molecule has 1 aliphatic rings. The van der Waals surface area contributed by atoms with E-state index < -0.39 is 22.7 Å². The van der Waals surface area contributed by atoms with E-state index in [1.54, 1.807) is 0 Å². The van der Waals surface area contributed by atoms with E-state index in [4.69, 9.17) is 5.11 Å². The number of carboxylic acids is 1. The standard InChI is InChI=1S/C12H16F3N3O2S/c1-17-4-6-18(7-5-17)3-2-8-16-10(12(13,14)15)9(21-8)11(19)20/h2-7H2,1H3,(H,19,20). The molecule has 1 aromatic heterocycles. The number of aromatic carboxylic acids is 1. The van der Waals surface area contributed by atoms with E-state index in [-0.39, 0.29) is 5.01 Å². The number of piperazine rings is 1.